The molecule has 3 aromatic heterocycles. The third-order valence-corrected chi connectivity index (χ3v) is 13.4. The molecular weight excluding hydrogens is 712 g/mol. The van der Waals surface area contributed by atoms with E-state index in [4.69, 9.17) is 8.83 Å². The molecule has 0 fully saturated rings. The fourth-order valence-electron chi connectivity index (χ4n) is 8.68. The second kappa shape index (κ2) is 11.7. The van der Waals surface area contributed by atoms with Crippen molar-refractivity contribution in [3.8, 4) is 44.9 Å². The summed E-state index contributed by atoms with van der Waals surface area (Å²) in [6.07, 6.45) is 0. The Morgan fingerprint density at radius 1 is 0.358 bits per heavy atom. The molecule has 0 unspecified atom stereocenters. The van der Waals surface area contributed by atoms with E-state index < -0.39 is 0 Å². The van der Waals surface area contributed by atoms with Crippen molar-refractivity contribution in [3.63, 3.8) is 0 Å². The quantitative estimate of drug-likeness (QED) is 0.133. The predicted molar refractivity (Wildman–Crippen MR) is 224 cm³/mol. The Kier molecular flexibility index (Phi) is 6.73. The topological polar surface area (TPSA) is 26.3 Å². The van der Waals surface area contributed by atoms with Crippen LogP contribution in [-0.2, 0) is 0 Å². The van der Waals surface area contributed by atoms with Gasteiger partial charge in [0.15, 0.2) is 0 Å². The summed E-state index contributed by atoms with van der Waals surface area (Å²) in [6.45, 7) is 4.03. The Balaban J connectivity index is 1.17. The van der Waals surface area contributed by atoms with Crippen LogP contribution in [0.3, 0.4) is 0 Å². The van der Waals surface area contributed by atoms with Crippen molar-refractivity contribution < 1.29 is 8.83 Å². The first kappa shape index (κ1) is 30.5. The van der Waals surface area contributed by atoms with Gasteiger partial charge in [-0.1, -0.05) is 0 Å². The van der Waals surface area contributed by atoms with Gasteiger partial charge in [-0.15, -0.1) is 0 Å². The molecule has 0 bridgehead atoms. The SMILES string of the molecule is Cc1ccc(-c2c3ccccc3c(-c3ccc4c(c3)[se]c3c(-c5c6ccccc6c(-c6ccc(C)o6)c6ccccc56)cccc34)c3ccccc23)o1. The van der Waals surface area contributed by atoms with E-state index in [0.717, 1.165) is 34.2 Å². The maximum atomic E-state index is 6.28. The summed E-state index contributed by atoms with van der Waals surface area (Å²) in [5.74, 6) is 3.66. The van der Waals surface area contributed by atoms with Crippen LogP contribution in [-0.4, -0.2) is 14.5 Å². The van der Waals surface area contributed by atoms with Crippen molar-refractivity contribution in [3.05, 3.63) is 169 Å². The fourth-order valence-corrected chi connectivity index (χ4v) is 11.3. The molecule has 3 heterocycles. The Hall–Kier alpha value is -6.12. The van der Waals surface area contributed by atoms with Gasteiger partial charge in [0.05, 0.1) is 0 Å². The molecule has 0 aliphatic heterocycles. The van der Waals surface area contributed by atoms with Gasteiger partial charge in [-0.2, -0.15) is 0 Å². The second-order valence-corrected chi connectivity index (χ2v) is 16.2. The first-order valence-corrected chi connectivity index (χ1v) is 19.8. The van der Waals surface area contributed by atoms with Gasteiger partial charge in [-0.25, -0.2) is 0 Å². The number of aryl methyl sites for hydroxylation is 2. The van der Waals surface area contributed by atoms with E-state index in [1.807, 2.05) is 13.8 Å². The molecule has 2 nitrogen and oxygen atoms in total. The first-order chi connectivity index (χ1) is 26.1. The molecule has 250 valence electrons. The average molecular weight is 744 g/mol. The molecule has 0 spiro atoms. The molecule has 11 rings (SSSR count). The molecule has 0 radical (unpaired) electrons. The zero-order valence-electron chi connectivity index (χ0n) is 29.2. The van der Waals surface area contributed by atoms with E-state index in [0.29, 0.717) is 0 Å². The number of furan rings is 2. The third kappa shape index (κ3) is 4.58. The van der Waals surface area contributed by atoms with Crippen molar-refractivity contribution in [1.29, 1.82) is 0 Å². The molecule has 0 aliphatic rings. The second-order valence-electron chi connectivity index (χ2n) is 14.0. The summed E-state index contributed by atoms with van der Waals surface area (Å²) < 4.78 is 15.4. The van der Waals surface area contributed by atoms with Gasteiger partial charge in [0.25, 0.3) is 0 Å². The molecule has 0 amide bonds. The predicted octanol–water partition coefficient (Wildman–Crippen LogP) is 14.1. The number of hydrogen-bond donors (Lipinski definition) is 0. The average Bonchev–Trinajstić information content (AvgIpc) is 3.93. The molecule has 8 aromatic carbocycles. The minimum atomic E-state index is 0.105. The molecule has 11 aromatic rings. The van der Waals surface area contributed by atoms with E-state index in [1.165, 1.54) is 84.6 Å². The van der Waals surface area contributed by atoms with Crippen LogP contribution < -0.4 is 0 Å². The summed E-state index contributed by atoms with van der Waals surface area (Å²) in [7, 11) is 0. The van der Waals surface area contributed by atoms with Gasteiger partial charge in [0.2, 0.25) is 0 Å². The number of rotatable bonds is 4. The molecule has 0 aliphatic carbocycles. The standard InChI is InChI=1S/C50H32O2Se/c1-29-22-26-43(51-29)48-37-16-7-3-12-33(37)46(34-13-4-8-17-38(34)48)31-24-25-32-41-20-11-21-42(50(41)53-45(32)28-31)47-35-14-5-9-18-39(35)49(44-27-23-30(2)52-44)40-19-10-6-15-36(40)47/h3-28H,1-2H3. The number of fused-ring (bicyclic) bond motifs is 7. The van der Waals surface area contributed by atoms with E-state index >= 15 is 0 Å². The van der Waals surface area contributed by atoms with Crippen LogP contribution in [0, 0.1) is 13.8 Å². The zero-order valence-corrected chi connectivity index (χ0v) is 30.9. The van der Waals surface area contributed by atoms with Crippen molar-refractivity contribution in [2.75, 3.05) is 0 Å². The van der Waals surface area contributed by atoms with Crippen LogP contribution >= 0.6 is 0 Å². The van der Waals surface area contributed by atoms with Crippen LogP contribution in [0.1, 0.15) is 11.5 Å². The van der Waals surface area contributed by atoms with E-state index in [1.54, 1.807) is 0 Å². The number of hydrogen-bond acceptors (Lipinski definition) is 2. The van der Waals surface area contributed by atoms with Crippen LogP contribution in [0.4, 0.5) is 0 Å². The summed E-state index contributed by atoms with van der Waals surface area (Å²) in [6, 6.07) is 57.7. The van der Waals surface area contributed by atoms with Gasteiger partial charge in [-0.3, -0.25) is 0 Å². The van der Waals surface area contributed by atoms with Crippen LogP contribution in [0.15, 0.2) is 167 Å². The zero-order chi connectivity index (χ0) is 35.2. The first-order valence-electron chi connectivity index (χ1n) is 18.1. The Bertz CT molecular complexity index is 3150. The summed E-state index contributed by atoms with van der Waals surface area (Å²) in [5, 5.41) is 12.5. The molecular formula is C50H32O2Se. The monoisotopic (exact) mass is 744 g/mol. The Morgan fingerprint density at radius 3 is 1.25 bits per heavy atom. The Morgan fingerprint density at radius 2 is 0.792 bits per heavy atom. The van der Waals surface area contributed by atoms with Crippen molar-refractivity contribution in [1.82, 2.24) is 0 Å². The van der Waals surface area contributed by atoms with Crippen LogP contribution in [0.25, 0.3) is 107 Å². The van der Waals surface area contributed by atoms with Gasteiger partial charge >= 0.3 is 314 Å². The molecule has 0 atom stereocenters. The molecule has 0 N–H and O–H groups in total. The molecule has 3 heteroatoms. The van der Waals surface area contributed by atoms with Crippen LogP contribution in [0.2, 0.25) is 0 Å². The molecule has 0 saturated carbocycles. The fraction of sp³-hybridized carbons (Fsp3) is 0.0400. The summed E-state index contributed by atoms with van der Waals surface area (Å²) in [4.78, 5) is 0. The molecule has 53 heavy (non-hydrogen) atoms. The minimum absolute atomic E-state index is 0.105. The van der Waals surface area contributed by atoms with Crippen molar-refractivity contribution >= 4 is 76.9 Å². The van der Waals surface area contributed by atoms with E-state index in [9.17, 15) is 0 Å². The van der Waals surface area contributed by atoms with Gasteiger partial charge in [0.1, 0.15) is 0 Å². The normalized spacial score (nSPS) is 12.0. The van der Waals surface area contributed by atoms with E-state index in [-0.39, 0.29) is 14.5 Å². The summed E-state index contributed by atoms with van der Waals surface area (Å²) in [5.41, 5.74) is 7.47. The van der Waals surface area contributed by atoms with Crippen molar-refractivity contribution in [2.45, 2.75) is 13.8 Å². The maximum absolute atomic E-state index is 6.28. The van der Waals surface area contributed by atoms with Crippen LogP contribution in [0.5, 0.6) is 0 Å². The van der Waals surface area contributed by atoms with E-state index in [2.05, 4.69) is 158 Å². The van der Waals surface area contributed by atoms with Gasteiger partial charge < -0.3 is 0 Å². The van der Waals surface area contributed by atoms with Gasteiger partial charge in [-0.05, 0) is 0 Å². The Labute approximate surface area is 312 Å². The number of benzene rings is 8. The third-order valence-electron chi connectivity index (χ3n) is 10.9. The molecule has 0 saturated heterocycles. The summed E-state index contributed by atoms with van der Waals surface area (Å²) >= 11 is 0.105. The van der Waals surface area contributed by atoms with Gasteiger partial charge in [0, 0.05) is 0 Å². The van der Waals surface area contributed by atoms with Crippen molar-refractivity contribution in [2.24, 2.45) is 0 Å².